The lowest BCUT2D eigenvalue weighted by Crippen LogP contribution is -2.45. The average molecular weight is 411 g/mol. The van der Waals surface area contributed by atoms with Crippen molar-refractivity contribution in [1.82, 2.24) is 14.5 Å². The second-order valence-electron chi connectivity index (χ2n) is 9.60. The van der Waals surface area contributed by atoms with Crippen LogP contribution < -0.4 is 10.3 Å². The van der Waals surface area contributed by atoms with Gasteiger partial charge in [0.05, 0.1) is 22.6 Å². The van der Waals surface area contributed by atoms with E-state index >= 15 is 0 Å². The lowest BCUT2D eigenvalue weighted by molar-refractivity contribution is -0.689. The Labute approximate surface area is 176 Å². The van der Waals surface area contributed by atoms with Crippen molar-refractivity contribution < 1.29 is 4.57 Å². The van der Waals surface area contributed by atoms with Crippen molar-refractivity contribution in [3.05, 3.63) is 53.2 Å². The van der Waals surface area contributed by atoms with E-state index in [1.165, 1.54) is 5.69 Å². The summed E-state index contributed by atoms with van der Waals surface area (Å²) in [6.45, 7) is 11.8. The van der Waals surface area contributed by atoms with Crippen molar-refractivity contribution in [2.45, 2.75) is 52.0 Å². The second kappa shape index (κ2) is 6.49. The predicted octanol–water partition coefficient (Wildman–Crippen LogP) is 4.85. The molecule has 0 aliphatic carbocycles. The number of hydrogen-bond donors (Lipinski definition) is 2. The van der Waals surface area contributed by atoms with Crippen LogP contribution in [0.1, 0.15) is 46.0 Å². The molecular weight excluding hydrogens is 382 g/mol. The van der Waals surface area contributed by atoms with E-state index in [4.69, 9.17) is 17.3 Å². The van der Waals surface area contributed by atoms with E-state index in [1.54, 1.807) is 6.20 Å². The smallest absolute Gasteiger partial charge is 0.281 e. The zero-order valence-corrected chi connectivity index (χ0v) is 18.7. The Morgan fingerprint density at radius 2 is 1.86 bits per heavy atom. The van der Waals surface area contributed by atoms with Gasteiger partial charge in [0.15, 0.2) is 0 Å². The quantitative estimate of drug-likeness (QED) is 0.374. The molecule has 152 valence electrons. The predicted molar refractivity (Wildman–Crippen MR) is 120 cm³/mol. The van der Waals surface area contributed by atoms with E-state index < -0.39 is 0 Å². The van der Waals surface area contributed by atoms with Crippen LogP contribution >= 0.6 is 11.6 Å². The molecule has 0 unspecified atom stereocenters. The second-order valence-corrected chi connectivity index (χ2v) is 9.95. The van der Waals surface area contributed by atoms with Crippen LogP contribution in [0.15, 0.2) is 36.7 Å². The van der Waals surface area contributed by atoms with Crippen LogP contribution in [-0.4, -0.2) is 14.5 Å². The molecule has 3 N–H and O–H groups in total. The first kappa shape index (κ1) is 19.8. The summed E-state index contributed by atoms with van der Waals surface area (Å²) in [7, 11) is 2.11. The maximum Gasteiger partial charge on any atom is 0.281 e. The van der Waals surface area contributed by atoms with Crippen LogP contribution in [0.2, 0.25) is 5.15 Å². The number of pyridine rings is 2. The molecule has 4 heterocycles. The number of nitrogens with one attached hydrogen (secondary N) is 1. The van der Waals surface area contributed by atoms with Crippen LogP contribution in [0.3, 0.4) is 0 Å². The van der Waals surface area contributed by atoms with E-state index in [1.807, 2.05) is 6.07 Å². The molecule has 0 aliphatic heterocycles. The van der Waals surface area contributed by atoms with E-state index in [0.29, 0.717) is 5.15 Å². The standard InChI is InChI=1S/C23H28ClN5/c1-22(2,3)19-12-15-17(28(19)6)8-10-29(21(15)25)13-23(4,5)18-11-14-16(27-18)7-9-26-20(14)24/h7-12,25H,13H2,1-6H3,(H,26,27)/p+1. The highest BCUT2D eigenvalue weighted by molar-refractivity contribution is 6.34. The first-order valence-corrected chi connectivity index (χ1v) is 10.3. The molecule has 4 aromatic rings. The number of nitrogens with zero attached hydrogens (tertiary/aromatic N) is 3. The molecule has 0 aliphatic rings. The highest BCUT2D eigenvalue weighted by Crippen LogP contribution is 2.32. The lowest BCUT2D eigenvalue weighted by atomic mass is 9.89. The Balaban J connectivity index is 1.76. The number of nitrogen functional groups attached to an aromatic ring is 1. The third-order valence-corrected chi connectivity index (χ3v) is 6.14. The normalized spacial score (nSPS) is 12.9. The summed E-state index contributed by atoms with van der Waals surface area (Å²) in [5.41, 5.74) is 11.1. The fourth-order valence-corrected chi connectivity index (χ4v) is 4.39. The van der Waals surface area contributed by atoms with Gasteiger partial charge in [0.25, 0.3) is 5.82 Å². The number of anilines is 1. The largest absolute Gasteiger partial charge is 0.358 e. The number of hydrogen-bond acceptors (Lipinski definition) is 2. The van der Waals surface area contributed by atoms with Gasteiger partial charge in [0, 0.05) is 46.9 Å². The summed E-state index contributed by atoms with van der Waals surface area (Å²) < 4.78 is 4.38. The first-order valence-electron chi connectivity index (χ1n) is 9.90. The molecule has 0 atom stereocenters. The number of rotatable bonds is 3. The van der Waals surface area contributed by atoms with E-state index in [2.05, 4.69) is 85.2 Å². The van der Waals surface area contributed by atoms with Crippen LogP contribution in [0.5, 0.6) is 0 Å². The van der Waals surface area contributed by atoms with E-state index in [-0.39, 0.29) is 10.8 Å². The molecule has 0 spiro atoms. The fourth-order valence-electron chi connectivity index (χ4n) is 4.17. The third-order valence-electron chi connectivity index (χ3n) is 5.84. The van der Waals surface area contributed by atoms with Crippen LogP contribution in [0.25, 0.3) is 21.8 Å². The molecule has 0 fully saturated rings. The highest BCUT2D eigenvalue weighted by atomic mass is 35.5. The van der Waals surface area contributed by atoms with Gasteiger partial charge >= 0.3 is 0 Å². The molecule has 5 nitrogen and oxygen atoms in total. The van der Waals surface area contributed by atoms with Crippen molar-refractivity contribution in [3.63, 3.8) is 0 Å². The molecule has 0 saturated heterocycles. The van der Waals surface area contributed by atoms with Crippen molar-refractivity contribution in [2.75, 3.05) is 5.73 Å². The highest BCUT2D eigenvalue weighted by Gasteiger charge is 2.29. The Morgan fingerprint density at radius 1 is 1.14 bits per heavy atom. The Bertz CT molecular complexity index is 1220. The van der Waals surface area contributed by atoms with Crippen molar-refractivity contribution in [3.8, 4) is 0 Å². The zero-order chi connectivity index (χ0) is 21.1. The third kappa shape index (κ3) is 3.27. The number of aryl methyl sites for hydroxylation is 1. The molecule has 4 aromatic heterocycles. The monoisotopic (exact) mass is 410 g/mol. The number of nitrogens with two attached hydrogens (primary N) is 1. The molecule has 6 heteroatoms. The van der Waals surface area contributed by atoms with Gasteiger partial charge in [-0.3, -0.25) is 5.73 Å². The van der Waals surface area contributed by atoms with Crippen LogP contribution in [0.4, 0.5) is 5.82 Å². The Kier molecular flexibility index (Phi) is 4.43. The van der Waals surface area contributed by atoms with Gasteiger partial charge in [-0.1, -0.05) is 46.2 Å². The number of halogens is 1. The minimum absolute atomic E-state index is 0.0575. The van der Waals surface area contributed by atoms with Gasteiger partial charge in [-0.05, 0) is 18.2 Å². The molecule has 0 bridgehead atoms. The van der Waals surface area contributed by atoms with Gasteiger partial charge in [0.2, 0.25) is 0 Å². The van der Waals surface area contributed by atoms with Gasteiger partial charge < -0.3 is 9.55 Å². The van der Waals surface area contributed by atoms with E-state index in [9.17, 15) is 0 Å². The summed E-state index contributed by atoms with van der Waals surface area (Å²) >= 11 is 6.27. The van der Waals surface area contributed by atoms with Gasteiger partial charge in [-0.15, -0.1) is 0 Å². The number of aromatic nitrogens is 4. The minimum atomic E-state index is -0.170. The minimum Gasteiger partial charge on any atom is -0.358 e. The maximum absolute atomic E-state index is 6.64. The first-order chi connectivity index (χ1) is 13.5. The summed E-state index contributed by atoms with van der Waals surface area (Å²) in [6, 6.07) is 8.43. The van der Waals surface area contributed by atoms with Crippen molar-refractivity contribution >= 4 is 39.2 Å². The Hall–Kier alpha value is -2.53. The van der Waals surface area contributed by atoms with Crippen molar-refractivity contribution in [2.24, 2.45) is 7.05 Å². The van der Waals surface area contributed by atoms with Gasteiger partial charge in [-0.25, -0.2) is 9.55 Å². The van der Waals surface area contributed by atoms with E-state index in [0.717, 1.165) is 39.9 Å². The summed E-state index contributed by atoms with van der Waals surface area (Å²) in [5, 5.41) is 2.57. The molecule has 4 rings (SSSR count). The summed E-state index contributed by atoms with van der Waals surface area (Å²) in [5.74, 6) is 0.789. The molecule has 0 radical (unpaired) electrons. The number of H-pyrrole nitrogens is 1. The molecule has 0 saturated carbocycles. The molecular formula is C23H29ClN5+. The van der Waals surface area contributed by atoms with Gasteiger partial charge in [-0.2, -0.15) is 0 Å². The summed E-state index contributed by atoms with van der Waals surface area (Å²) in [6.07, 6.45) is 3.81. The number of fused-ring (bicyclic) bond motifs is 2. The summed E-state index contributed by atoms with van der Waals surface area (Å²) in [4.78, 5) is 7.69. The molecule has 0 aromatic carbocycles. The Morgan fingerprint density at radius 3 is 2.52 bits per heavy atom. The number of aromatic amines is 1. The molecule has 0 amide bonds. The average Bonchev–Trinajstić information content (AvgIpc) is 3.21. The topological polar surface area (TPSA) is 63.5 Å². The lowest BCUT2D eigenvalue weighted by Gasteiger charge is -2.22. The maximum atomic E-state index is 6.64. The van der Waals surface area contributed by atoms with Crippen LogP contribution in [-0.2, 0) is 24.4 Å². The SMILES string of the molecule is Cn1c(C(C)(C)C)cc2c(N)[n+](CC(C)(C)c3cc4c(Cl)nccc4[nH]3)ccc21. The molecule has 29 heavy (non-hydrogen) atoms. The fraction of sp³-hybridized carbons (Fsp3) is 0.391. The van der Waals surface area contributed by atoms with Crippen molar-refractivity contribution in [1.29, 1.82) is 0 Å². The van der Waals surface area contributed by atoms with Crippen LogP contribution in [0, 0.1) is 0 Å². The zero-order valence-electron chi connectivity index (χ0n) is 18.0. The van der Waals surface area contributed by atoms with Gasteiger partial charge in [0.1, 0.15) is 11.7 Å².